The second kappa shape index (κ2) is 7.69. The van der Waals surface area contributed by atoms with Crippen LogP contribution in [-0.4, -0.2) is 59.2 Å². The summed E-state index contributed by atoms with van der Waals surface area (Å²) in [6.45, 7) is 7.73. The lowest BCUT2D eigenvalue weighted by molar-refractivity contribution is -0.127. The molecule has 0 spiro atoms. The van der Waals surface area contributed by atoms with E-state index < -0.39 is 0 Å². The zero-order valence-electron chi connectivity index (χ0n) is 16.0. The smallest absolute Gasteiger partial charge is 0.223 e. The van der Waals surface area contributed by atoms with Crippen LogP contribution in [0.15, 0.2) is 12.4 Å². The molecule has 1 aromatic rings. The fraction of sp³-hybridized carbons (Fsp3) is 0.800. The Balaban J connectivity index is 1.21. The highest BCUT2D eigenvalue weighted by Crippen LogP contribution is 2.46. The van der Waals surface area contributed by atoms with Gasteiger partial charge in [-0.1, -0.05) is 0 Å². The molecule has 6 heteroatoms. The number of likely N-dealkylation sites (tertiary alicyclic amines) is 1. The van der Waals surface area contributed by atoms with E-state index in [2.05, 4.69) is 19.8 Å². The molecule has 4 rings (SSSR count). The molecule has 1 saturated carbocycles. The largest absolute Gasteiger partial charge is 0.381 e. The third-order valence-electron chi connectivity index (χ3n) is 6.63. The minimum Gasteiger partial charge on any atom is -0.381 e. The Morgan fingerprint density at radius 1 is 1.27 bits per heavy atom. The van der Waals surface area contributed by atoms with Crippen molar-refractivity contribution < 1.29 is 9.53 Å². The van der Waals surface area contributed by atoms with Crippen molar-refractivity contribution in [3.05, 3.63) is 18.2 Å². The lowest BCUT2D eigenvalue weighted by Crippen LogP contribution is -2.47. The van der Waals surface area contributed by atoms with E-state index in [1.807, 2.05) is 19.3 Å². The number of hydrogen-bond acceptors (Lipinski definition) is 4. The maximum Gasteiger partial charge on any atom is 0.223 e. The zero-order chi connectivity index (χ0) is 18.0. The quantitative estimate of drug-likeness (QED) is 0.843. The predicted octanol–water partition coefficient (Wildman–Crippen LogP) is 1.98. The molecule has 0 aromatic carbocycles. The minimum absolute atomic E-state index is 0.192. The Morgan fingerprint density at radius 3 is 2.62 bits per heavy atom. The molecule has 0 unspecified atom stereocenters. The van der Waals surface area contributed by atoms with Crippen molar-refractivity contribution in [3.8, 4) is 0 Å². The summed E-state index contributed by atoms with van der Waals surface area (Å²) in [5.41, 5.74) is 0.254. The zero-order valence-corrected chi connectivity index (χ0v) is 16.0. The number of aryl methyl sites for hydroxylation is 1. The first-order valence-electron chi connectivity index (χ1n) is 10.2. The maximum atomic E-state index is 12.7. The molecular weight excluding hydrogens is 328 g/mol. The van der Waals surface area contributed by atoms with Crippen molar-refractivity contribution in [2.45, 2.75) is 58.0 Å². The molecule has 1 aromatic heterocycles. The molecule has 3 heterocycles. The van der Waals surface area contributed by atoms with Crippen molar-refractivity contribution in [1.29, 1.82) is 0 Å². The van der Waals surface area contributed by atoms with Crippen LogP contribution in [0.1, 0.15) is 44.3 Å². The molecule has 6 nitrogen and oxygen atoms in total. The van der Waals surface area contributed by atoms with Gasteiger partial charge in [-0.3, -0.25) is 4.79 Å². The number of carbonyl (C=O) groups is 1. The second-order valence-electron chi connectivity index (χ2n) is 8.47. The van der Waals surface area contributed by atoms with Gasteiger partial charge in [-0.25, -0.2) is 4.98 Å². The number of amides is 1. The van der Waals surface area contributed by atoms with E-state index in [0.29, 0.717) is 6.04 Å². The molecular formula is C20H32N4O2. The summed E-state index contributed by atoms with van der Waals surface area (Å²) in [6, 6.07) is 0.668. The predicted molar refractivity (Wildman–Crippen MR) is 99.8 cm³/mol. The first-order chi connectivity index (χ1) is 12.7. The Bertz CT molecular complexity index is 611. The fourth-order valence-electron chi connectivity index (χ4n) is 4.50. The van der Waals surface area contributed by atoms with E-state index in [1.165, 1.54) is 12.8 Å². The second-order valence-corrected chi connectivity index (χ2v) is 8.47. The number of aromatic nitrogens is 2. The molecule has 3 aliphatic rings. The van der Waals surface area contributed by atoms with Gasteiger partial charge in [0.1, 0.15) is 5.82 Å². The van der Waals surface area contributed by atoms with E-state index >= 15 is 0 Å². The van der Waals surface area contributed by atoms with Crippen LogP contribution in [0.5, 0.6) is 0 Å². The standard InChI is InChI=1S/C20H32N4O2/c1-16-21-8-11-24(16)15-20(6-7-20)14-22-19(25)17-2-9-23(10-3-17)18-4-12-26-13-5-18/h8,11,17-18H,2-7,9-10,12-15H2,1H3,(H,22,25). The van der Waals surface area contributed by atoms with Crippen LogP contribution >= 0.6 is 0 Å². The number of imidazole rings is 1. The normalized spacial score (nSPS) is 24.5. The Labute approximate surface area is 156 Å². The molecule has 1 N–H and O–H groups in total. The average molecular weight is 361 g/mol. The number of hydrogen-bond donors (Lipinski definition) is 1. The molecule has 26 heavy (non-hydrogen) atoms. The summed E-state index contributed by atoms with van der Waals surface area (Å²) in [4.78, 5) is 19.5. The van der Waals surface area contributed by atoms with Crippen molar-refractivity contribution in [3.63, 3.8) is 0 Å². The lowest BCUT2D eigenvalue weighted by Gasteiger charge is -2.38. The highest BCUT2D eigenvalue weighted by atomic mass is 16.5. The fourth-order valence-corrected chi connectivity index (χ4v) is 4.50. The van der Waals surface area contributed by atoms with Gasteiger partial charge in [0.05, 0.1) is 0 Å². The van der Waals surface area contributed by atoms with E-state index in [4.69, 9.17) is 4.74 Å². The SMILES string of the molecule is Cc1nccn1CC1(CNC(=O)C2CCN(C3CCOCC3)CC2)CC1. The Hall–Kier alpha value is -1.40. The molecule has 0 radical (unpaired) electrons. The van der Waals surface area contributed by atoms with Gasteiger partial charge in [0.15, 0.2) is 0 Å². The summed E-state index contributed by atoms with van der Waals surface area (Å²) in [7, 11) is 0. The molecule has 1 aliphatic carbocycles. The number of nitrogens with zero attached hydrogens (tertiary/aromatic N) is 3. The lowest BCUT2D eigenvalue weighted by atomic mass is 9.93. The van der Waals surface area contributed by atoms with Gasteiger partial charge in [0.25, 0.3) is 0 Å². The summed E-state index contributed by atoms with van der Waals surface area (Å²) in [6.07, 6.45) is 10.6. The third kappa shape index (κ3) is 4.12. The van der Waals surface area contributed by atoms with Gasteiger partial charge < -0.3 is 19.5 Å². The summed E-state index contributed by atoms with van der Waals surface area (Å²) >= 11 is 0. The number of ether oxygens (including phenoxy) is 1. The van der Waals surface area contributed by atoms with Crippen LogP contribution in [0, 0.1) is 18.3 Å². The molecule has 3 fully saturated rings. The van der Waals surface area contributed by atoms with Crippen molar-refractivity contribution in [2.24, 2.45) is 11.3 Å². The van der Waals surface area contributed by atoms with Crippen LogP contribution in [-0.2, 0) is 16.1 Å². The van der Waals surface area contributed by atoms with Crippen LogP contribution in [0.25, 0.3) is 0 Å². The molecule has 144 valence electrons. The molecule has 2 saturated heterocycles. The van der Waals surface area contributed by atoms with Crippen LogP contribution in [0.3, 0.4) is 0 Å². The van der Waals surface area contributed by atoms with Crippen molar-refractivity contribution in [1.82, 2.24) is 19.8 Å². The maximum absolute atomic E-state index is 12.7. The van der Waals surface area contributed by atoms with Crippen LogP contribution in [0.2, 0.25) is 0 Å². The van der Waals surface area contributed by atoms with E-state index in [-0.39, 0.29) is 17.2 Å². The topological polar surface area (TPSA) is 59.4 Å². The van der Waals surface area contributed by atoms with E-state index in [0.717, 1.165) is 70.9 Å². The first kappa shape index (κ1) is 18.0. The first-order valence-corrected chi connectivity index (χ1v) is 10.2. The number of nitrogens with one attached hydrogen (secondary N) is 1. The number of piperidine rings is 1. The molecule has 0 atom stereocenters. The highest BCUT2D eigenvalue weighted by Gasteiger charge is 2.43. The van der Waals surface area contributed by atoms with Gasteiger partial charge >= 0.3 is 0 Å². The van der Waals surface area contributed by atoms with Gasteiger partial charge in [-0.05, 0) is 58.5 Å². The Morgan fingerprint density at radius 2 is 2.00 bits per heavy atom. The van der Waals surface area contributed by atoms with Crippen molar-refractivity contribution >= 4 is 5.91 Å². The van der Waals surface area contributed by atoms with Gasteiger partial charge in [-0.2, -0.15) is 0 Å². The van der Waals surface area contributed by atoms with E-state index in [9.17, 15) is 4.79 Å². The van der Waals surface area contributed by atoms with Crippen LogP contribution in [0.4, 0.5) is 0 Å². The summed E-state index contributed by atoms with van der Waals surface area (Å²) in [5, 5.41) is 3.27. The highest BCUT2D eigenvalue weighted by molar-refractivity contribution is 5.78. The summed E-state index contributed by atoms with van der Waals surface area (Å²) in [5.74, 6) is 1.52. The monoisotopic (exact) mass is 360 g/mol. The van der Waals surface area contributed by atoms with Crippen LogP contribution < -0.4 is 5.32 Å². The van der Waals surface area contributed by atoms with Gasteiger partial charge in [0.2, 0.25) is 5.91 Å². The Kier molecular flexibility index (Phi) is 5.32. The average Bonchev–Trinajstić information content (AvgIpc) is 3.34. The third-order valence-corrected chi connectivity index (χ3v) is 6.63. The number of rotatable bonds is 6. The molecule has 1 amide bonds. The molecule has 0 bridgehead atoms. The minimum atomic E-state index is 0.192. The van der Waals surface area contributed by atoms with Crippen molar-refractivity contribution in [2.75, 3.05) is 32.8 Å². The van der Waals surface area contributed by atoms with E-state index in [1.54, 1.807) is 0 Å². The number of carbonyl (C=O) groups excluding carboxylic acids is 1. The van der Waals surface area contributed by atoms with Gasteiger partial charge in [-0.15, -0.1) is 0 Å². The molecule has 2 aliphatic heterocycles. The van der Waals surface area contributed by atoms with Gasteiger partial charge in [0, 0.05) is 56.1 Å². The summed E-state index contributed by atoms with van der Waals surface area (Å²) < 4.78 is 7.68.